The molecule has 1 heterocycles. The first-order chi connectivity index (χ1) is 23.9. The molecule has 3 atom stereocenters. The Hall–Kier alpha value is -3.68. The third kappa shape index (κ3) is 17.4. The number of ether oxygens (including phenoxy) is 4. The monoisotopic (exact) mass is 712 g/mol. The molecule has 0 aliphatic carbocycles. The van der Waals surface area contributed by atoms with Gasteiger partial charge in [0.1, 0.15) is 18.0 Å². The summed E-state index contributed by atoms with van der Waals surface area (Å²) in [7, 11) is 5.10. The number of rotatable bonds is 21. The van der Waals surface area contributed by atoms with Crippen LogP contribution in [-0.4, -0.2) is 84.4 Å². The number of allylic oxidation sites excluding steroid dienone is 4. The Bertz CT molecular complexity index is 1400. The zero-order valence-corrected chi connectivity index (χ0v) is 31.6. The van der Waals surface area contributed by atoms with E-state index in [0.717, 1.165) is 31.4 Å². The zero-order valence-electron chi connectivity index (χ0n) is 31.6. The quantitative estimate of drug-likeness (QED) is 0.0537. The van der Waals surface area contributed by atoms with Gasteiger partial charge in [-0.25, -0.2) is 4.79 Å². The highest BCUT2D eigenvalue weighted by molar-refractivity contribution is 6.55. The molecule has 3 unspecified atom stereocenters. The fourth-order valence-electron chi connectivity index (χ4n) is 5.02. The molecule has 0 spiro atoms. The van der Waals surface area contributed by atoms with Crippen molar-refractivity contribution in [1.29, 1.82) is 0 Å². The van der Waals surface area contributed by atoms with Crippen molar-refractivity contribution in [3.05, 3.63) is 52.6 Å². The van der Waals surface area contributed by atoms with Crippen LogP contribution in [0.1, 0.15) is 123 Å². The van der Waals surface area contributed by atoms with Crippen molar-refractivity contribution in [2.45, 2.75) is 143 Å². The SMILES string of the molecule is [B]C(=O)OCc1ccc(OC2CC(O)CC(C(=O)O)O2)c(C(=O)NCCC(C)(C)OCCC(C)(C)O/N=C(\C)CC/C(C)=C/CC/C(C)=C/C)c1. The molecule has 0 saturated carbocycles. The van der Waals surface area contributed by atoms with Crippen LogP contribution in [-0.2, 0) is 30.4 Å². The van der Waals surface area contributed by atoms with Gasteiger partial charge in [-0.15, -0.1) is 0 Å². The maximum Gasteiger partial charge on any atom is 0.333 e. The van der Waals surface area contributed by atoms with Crippen LogP contribution >= 0.6 is 0 Å². The molecule has 1 aromatic rings. The van der Waals surface area contributed by atoms with E-state index >= 15 is 0 Å². The molecule has 282 valence electrons. The van der Waals surface area contributed by atoms with Crippen LogP contribution in [0.3, 0.4) is 0 Å². The van der Waals surface area contributed by atoms with Gasteiger partial charge in [0.25, 0.3) is 5.91 Å². The lowest BCUT2D eigenvalue weighted by Crippen LogP contribution is -2.42. The molecular weight excluding hydrogens is 655 g/mol. The predicted octanol–water partition coefficient (Wildman–Crippen LogP) is 6.77. The molecule has 2 radical (unpaired) electrons. The summed E-state index contributed by atoms with van der Waals surface area (Å²) in [6.07, 6.45) is 6.08. The van der Waals surface area contributed by atoms with Gasteiger partial charge in [0, 0.05) is 25.8 Å². The van der Waals surface area contributed by atoms with Crippen molar-refractivity contribution in [3.8, 4) is 5.75 Å². The van der Waals surface area contributed by atoms with Crippen molar-refractivity contribution < 1.29 is 48.4 Å². The summed E-state index contributed by atoms with van der Waals surface area (Å²) in [6, 6.07) is 4.55. The second-order valence-corrected chi connectivity index (χ2v) is 14.3. The van der Waals surface area contributed by atoms with Gasteiger partial charge in [0.2, 0.25) is 20.0 Å². The molecule has 1 fully saturated rings. The third-order valence-electron chi connectivity index (χ3n) is 8.53. The van der Waals surface area contributed by atoms with Crippen LogP contribution in [0.5, 0.6) is 5.75 Å². The van der Waals surface area contributed by atoms with Crippen molar-refractivity contribution in [1.82, 2.24) is 5.32 Å². The van der Waals surface area contributed by atoms with Gasteiger partial charge in [0.15, 0.2) is 6.10 Å². The Morgan fingerprint density at radius 3 is 2.43 bits per heavy atom. The third-order valence-corrected chi connectivity index (χ3v) is 8.53. The number of hydrogen-bond acceptors (Lipinski definition) is 10. The van der Waals surface area contributed by atoms with E-state index in [9.17, 15) is 24.6 Å². The van der Waals surface area contributed by atoms with E-state index in [1.165, 1.54) is 23.3 Å². The van der Waals surface area contributed by atoms with Gasteiger partial charge in [-0.1, -0.05) is 34.5 Å². The fourth-order valence-corrected chi connectivity index (χ4v) is 5.02. The van der Waals surface area contributed by atoms with Gasteiger partial charge >= 0.3 is 5.97 Å². The van der Waals surface area contributed by atoms with E-state index < -0.39 is 47.4 Å². The number of carbonyl (C=O) groups excluding carboxylic acids is 2. The number of oxime groups is 1. The second kappa shape index (κ2) is 21.0. The number of nitrogens with one attached hydrogen (secondary N) is 1. The lowest BCUT2D eigenvalue weighted by molar-refractivity contribution is -0.195. The number of hydrogen-bond donors (Lipinski definition) is 3. The molecule has 1 aliphatic heterocycles. The first-order valence-electron chi connectivity index (χ1n) is 17.6. The molecule has 1 saturated heterocycles. The van der Waals surface area contributed by atoms with Crippen molar-refractivity contribution in [3.63, 3.8) is 0 Å². The zero-order chi connectivity index (χ0) is 38.2. The number of nitrogens with zero attached hydrogens (tertiary/aromatic N) is 1. The van der Waals surface area contributed by atoms with E-state index in [1.54, 1.807) is 6.07 Å². The Morgan fingerprint density at radius 2 is 1.76 bits per heavy atom. The highest BCUT2D eigenvalue weighted by atomic mass is 16.7. The normalized spacial score (nSPS) is 19.0. The van der Waals surface area contributed by atoms with Crippen LogP contribution in [0.2, 0.25) is 0 Å². The fraction of sp³-hybridized carbons (Fsp3) is 0.632. The summed E-state index contributed by atoms with van der Waals surface area (Å²) in [5, 5.41) is 26.8. The van der Waals surface area contributed by atoms with Crippen LogP contribution in [0.25, 0.3) is 0 Å². The molecule has 12 nitrogen and oxygen atoms in total. The van der Waals surface area contributed by atoms with E-state index in [2.05, 4.69) is 43.4 Å². The summed E-state index contributed by atoms with van der Waals surface area (Å²) >= 11 is 0. The standard InChI is InChI=1S/C38H57BN2O10/c1-9-25(2)11-10-12-26(3)13-14-27(4)41-51-38(7,8)18-20-48-37(5,6)17-19-40-34(43)30-21-28(24-47-36(39)46)15-16-31(30)49-33-23-29(42)22-32(50-33)35(44)45/h9,12,15-16,21,29,32-33,42H,10-11,13-14,17-20,22-24H2,1-8H3,(H,40,43)(H,44,45)/b25-9+,26-12+,41-27+. The van der Waals surface area contributed by atoms with Crippen LogP contribution < -0.4 is 10.1 Å². The molecule has 1 aromatic carbocycles. The molecule has 13 heteroatoms. The Labute approximate surface area is 304 Å². The largest absolute Gasteiger partial charge is 0.479 e. The van der Waals surface area contributed by atoms with E-state index in [1.807, 2.05) is 34.6 Å². The second-order valence-electron chi connectivity index (χ2n) is 14.3. The molecular formula is C38H57BN2O10. The molecule has 0 aromatic heterocycles. The number of aliphatic carboxylic acids is 1. The lowest BCUT2D eigenvalue weighted by atomic mass is 10.0. The van der Waals surface area contributed by atoms with Gasteiger partial charge in [0.05, 0.1) is 29.6 Å². The summed E-state index contributed by atoms with van der Waals surface area (Å²) in [6.45, 7) is 16.7. The van der Waals surface area contributed by atoms with Crippen LogP contribution in [0, 0.1) is 0 Å². The Balaban J connectivity index is 1.91. The molecule has 1 amide bonds. The average Bonchev–Trinajstić information content (AvgIpc) is 3.05. The number of aliphatic hydroxyl groups excluding tert-OH is 1. The van der Waals surface area contributed by atoms with E-state index in [0.29, 0.717) is 25.0 Å². The van der Waals surface area contributed by atoms with E-state index in [4.69, 9.17) is 31.6 Å². The summed E-state index contributed by atoms with van der Waals surface area (Å²) in [5.74, 6) is -2.56. The lowest BCUT2D eigenvalue weighted by Gasteiger charge is -2.31. The van der Waals surface area contributed by atoms with Crippen molar-refractivity contribution in [2.75, 3.05) is 13.2 Å². The van der Waals surface area contributed by atoms with Crippen molar-refractivity contribution in [2.24, 2.45) is 5.16 Å². The Kier molecular flexibility index (Phi) is 17.9. The van der Waals surface area contributed by atoms with Crippen LogP contribution in [0.4, 0.5) is 4.79 Å². The maximum atomic E-state index is 13.4. The first-order valence-corrected chi connectivity index (χ1v) is 17.6. The molecule has 1 aliphatic rings. The number of aliphatic hydroxyl groups is 1. The number of carboxylic acids is 1. The smallest absolute Gasteiger partial charge is 0.333 e. The minimum atomic E-state index is -1.25. The summed E-state index contributed by atoms with van der Waals surface area (Å²) in [5.41, 5.74) is 3.15. The summed E-state index contributed by atoms with van der Waals surface area (Å²) in [4.78, 5) is 41.9. The van der Waals surface area contributed by atoms with Gasteiger partial charge in [-0.05, 0) is 105 Å². The molecule has 0 bridgehead atoms. The molecule has 2 rings (SSSR count). The van der Waals surface area contributed by atoms with Gasteiger partial charge in [-0.2, -0.15) is 0 Å². The minimum absolute atomic E-state index is 0.0192. The highest BCUT2D eigenvalue weighted by Gasteiger charge is 2.34. The summed E-state index contributed by atoms with van der Waals surface area (Å²) < 4.78 is 22.4. The topological polar surface area (TPSA) is 162 Å². The van der Waals surface area contributed by atoms with Gasteiger partial charge < -0.3 is 39.3 Å². The first kappa shape index (κ1) is 43.5. The predicted molar refractivity (Wildman–Crippen MR) is 196 cm³/mol. The van der Waals surface area contributed by atoms with Crippen LogP contribution in [0.15, 0.2) is 46.7 Å². The number of benzene rings is 1. The Morgan fingerprint density at radius 1 is 1.04 bits per heavy atom. The van der Waals surface area contributed by atoms with E-state index in [-0.39, 0.29) is 37.3 Å². The molecule has 51 heavy (non-hydrogen) atoms. The maximum absolute atomic E-state index is 13.4. The van der Waals surface area contributed by atoms with Crippen molar-refractivity contribution >= 4 is 31.3 Å². The number of amides is 1. The highest BCUT2D eigenvalue weighted by Crippen LogP contribution is 2.28. The average molecular weight is 713 g/mol. The number of carboxylic acid groups (broad SMARTS) is 1. The van der Waals surface area contributed by atoms with Gasteiger partial charge in [-0.3, -0.25) is 9.59 Å². The molecule has 3 N–H and O–H groups in total. The minimum Gasteiger partial charge on any atom is -0.479 e. The number of carbonyl (C=O) groups is 3.